The van der Waals surface area contributed by atoms with Gasteiger partial charge in [-0.2, -0.15) is 0 Å². The SMILES string of the molecule is CCOC(=O)Oc1c[nH]c2c(=O)[nH]c3ccc(-c4csc(Nc5ccccc5)n4)cc3c12. The molecule has 32 heavy (non-hydrogen) atoms. The summed E-state index contributed by atoms with van der Waals surface area (Å²) in [5.41, 5.74) is 3.25. The minimum absolute atomic E-state index is 0.190. The van der Waals surface area contributed by atoms with Crippen molar-refractivity contribution in [2.24, 2.45) is 0 Å². The van der Waals surface area contributed by atoms with Crippen LogP contribution in [0.25, 0.3) is 33.1 Å². The second-order valence-corrected chi connectivity index (χ2v) is 7.79. The van der Waals surface area contributed by atoms with Crippen molar-refractivity contribution in [3.63, 3.8) is 0 Å². The van der Waals surface area contributed by atoms with Crippen LogP contribution in [-0.4, -0.2) is 27.7 Å². The van der Waals surface area contributed by atoms with Gasteiger partial charge in [-0.25, -0.2) is 9.78 Å². The lowest BCUT2D eigenvalue weighted by Gasteiger charge is -2.06. The van der Waals surface area contributed by atoms with E-state index in [9.17, 15) is 9.59 Å². The normalized spacial score (nSPS) is 11.0. The molecule has 3 N–H and O–H groups in total. The second kappa shape index (κ2) is 8.20. The Balaban J connectivity index is 1.56. The summed E-state index contributed by atoms with van der Waals surface area (Å²) >= 11 is 1.50. The quantitative estimate of drug-likeness (QED) is 0.311. The summed E-state index contributed by atoms with van der Waals surface area (Å²) in [6.45, 7) is 1.88. The number of ether oxygens (including phenoxy) is 2. The number of nitrogens with one attached hydrogen (secondary N) is 3. The standard InChI is InChI=1S/C23H18N4O4S/c1-2-30-23(29)31-18-11-24-20-19(18)15-10-13(8-9-16(15)26-21(20)28)17-12-32-22(27-17)25-14-6-4-3-5-7-14/h3-12,24H,2H2,1H3,(H,25,27)(H,26,28). The minimum atomic E-state index is -0.825. The fraction of sp³-hybridized carbons (Fsp3) is 0.0870. The van der Waals surface area contributed by atoms with E-state index < -0.39 is 6.16 Å². The number of hydrogen-bond donors (Lipinski definition) is 3. The number of rotatable bonds is 5. The molecule has 0 radical (unpaired) electrons. The molecule has 0 bridgehead atoms. The Morgan fingerprint density at radius 1 is 1.19 bits per heavy atom. The summed E-state index contributed by atoms with van der Waals surface area (Å²) in [5.74, 6) is 0.233. The molecule has 0 saturated heterocycles. The summed E-state index contributed by atoms with van der Waals surface area (Å²) in [6, 6.07) is 15.4. The predicted molar refractivity (Wildman–Crippen MR) is 125 cm³/mol. The molecule has 5 aromatic rings. The highest BCUT2D eigenvalue weighted by Crippen LogP contribution is 2.34. The van der Waals surface area contributed by atoms with E-state index in [4.69, 9.17) is 9.47 Å². The van der Waals surface area contributed by atoms with E-state index in [-0.39, 0.29) is 17.9 Å². The van der Waals surface area contributed by atoms with Crippen molar-refractivity contribution in [1.82, 2.24) is 15.0 Å². The molecule has 9 heteroatoms. The molecule has 0 spiro atoms. The Hall–Kier alpha value is -4.11. The zero-order valence-electron chi connectivity index (χ0n) is 17.0. The van der Waals surface area contributed by atoms with Crippen molar-refractivity contribution < 1.29 is 14.3 Å². The van der Waals surface area contributed by atoms with E-state index in [1.807, 2.05) is 53.9 Å². The largest absolute Gasteiger partial charge is 0.513 e. The second-order valence-electron chi connectivity index (χ2n) is 6.93. The monoisotopic (exact) mass is 446 g/mol. The number of para-hydroxylation sites is 1. The van der Waals surface area contributed by atoms with E-state index in [2.05, 4.69) is 20.3 Å². The van der Waals surface area contributed by atoms with E-state index in [0.717, 1.165) is 27.5 Å². The topological polar surface area (TPSA) is 109 Å². The molecule has 5 rings (SSSR count). The lowest BCUT2D eigenvalue weighted by molar-refractivity contribution is 0.105. The number of pyridine rings is 1. The Morgan fingerprint density at radius 2 is 2.03 bits per heavy atom. The van der Waals surface area contributed by atoms with Gasteiger partial charge < -0.3 is 24.8 Å². The van der Waals surface area contributed by atoms with E-state index in [1.165, 1.54) is 17.5 Å². The first-order chi connectivity index (χ1) is 15.6. The Bertz CT molecular complexity index is 1490. The molecule has 3 aromatic heterocycles. The predicted octanol–water partition coefficient (Wildman–Crippen LogP) is 5.41. The number of carbonyl (C=O) groups excluding carboxylic acids is 1. The first kappa shape index (κ1) is 19.8. The number of thiazole rings is 1. The van der Waals surface area contributed by atoms with Gasteiger partial charge in [0.2, 0.25) is 0 Å². The van der Waals surface area contributed by atoms with Gasteiger partial charge >= 0.3 is 6.16 Å². The van der Waals surface area contributed by atoms with Crippen molar-refractivity contribution >= 4 is 50.1 Å². The van der Waals surface area contributed by atoms with Crippen LogP contribution in [0.4, 0.5) is 15.6 Å². The van der Waals surface area contributed by atoms with Crippen LogP contribution < -0.4 is 15.6 Å². The fourth-order valence-corrected chi connectivity index (χ4v) is 4.22. The number of benzene rings is 2. The van der Waals surface area contributed by atoms with Gasteiger partial charge in [-0.05, 0) is 31.2 Å². The van der Waals surface area contributed by atoms with Crippen LogP contribution in [0, 0.1) is 0 Å². The van der Waals surface area contributed by atoms with E-state index in [0.29, 0.717) is 16.4 Å². The third-order valence-corrected chi connectivity index (χ3v) is 5.65. The molecule has 0 fully saturated rings. The summed E-state index contributed by atoms with van der Waals surface area (Å²) in [4.78, 5) is 34.8. The Morgan fingerprint density at radius 3 is 2.84 bits per heavy atom. The summed E-state index contributed by atoms with van der Waals surface area (Å²) in [5, 5.41) is 7.26. The molecular weight excluding hydrogens is 428 g/mol. The summed E-state index contributed by atoms with van der Waals surface area (Å²) in [6.07, 6.45) is 0.655. The lowest BCUT2D eigenvalue weighted by Crippen LogP contribution is -2.10. The zero-order valence-corrected chi connectivity index (χ0v) is 17.8. The van der Waals surface area contributed by atoms with Crippen molar-refractivity contribution in [1.29, 1.82) is 0 Å². The van der Waals surface area contributed by atoms with Gasteiger partial charge in [0, 0.05) is 33.7 Å². The molecule has 0 unspecified atom stereocenters. The maximum atomic E-state index is 12.5. The number of H-pyrrole nitrogens is 2. The van der Waals surface area contributed by atoms with E-state index in [1.54, 1.807) is 6.92 Å². The molecule has 8 nitrogen and oxygen atoms in total. The van der Waals surface area contributed by atoms with Crippen LogP contribution in [-0.2, 0) is 4.74 Å². The van der Waals surface area contributed by atoms with Crippen LogP contribution in [0.5, 0.6) is 5.75 Å². The smallest absolute Gasteiger partial charge is 0.434 e. The molecule has 0 aliphatic carbocycles. The van der Waals surface area contributed by atoms with Crippen LogP contribution in [0.3, 0.4) is 0 Å². The molecule has 0 amide bonds. The molecular formula is C23H18N4O4S. The number of hydrogen-bond acceptors (Lipinski definition) is 7. The molecule has 3 heterocycles. The third kappa shape index (κ3) is 3.69. The van der Waals surface area contributed by atoms with Gasteiger partial charge in [0.25, 0.3) is 5.56 Å². The highest BCUT2D eigenvalue weighted by atomic mass is 32.1. The third-order valence-electron chi connectivity index (χ3n) is 4.89. The van der Waals surface area contributed by atoms with Gasteiger partial charge in [-0.1, -0.05) is 24.3 Å². The number of aromatic nitrogens is 3. The van der Waals surface area contributed by atoms with Gasteiger partial charge in [0.1, 0.15) is 5.52 Å². The number of nitrogens with zero attached hydrogens (tertiary/aromatic N) is 1. The van der Waals surface area contributed by atoms with Crippen LogP contribution in [0.1, 0.15) is 6.92 Å². The van der Waals surface area contributed by atoms with Crippen molar-refractivity contribution in [2.75, 3.05) is 11.9 Å². The highest BCUT2D eigenvalue weighted by molar-refractivity contribution is 7.14. The van der Waals surface area contributed by atoms with Gasteiger partial charge in [0.05, 0.1) is 17.7 Å². The van der Waals surface area contributed by atoms with Gasteiger partial charge in [-0.15, -0.1) is 11.3 Å². The summed E-state index contributed by atoms with van der Waals surface area (Å²) < 4.78 is 10.2. The van der Waals surface area contributed by atoms with E-state index >= 15 is 0 Å². The molecule has 0 aliphatic heterocycles. The average molecular weight is 446 g/mol. The minimum Gasteiger partial charge on any atom is -0.434 e. The molecule has 0 aliphatic rings. The molecule has 0 saturated carbocycles. The van der Waals surface area contributed by atoms with Crippen LogP contribution in [0.15, 0.2) is 64.9 Å². The maximum Gasteiger partial charge on any atom is 0.513 e. The number of aromatic amines is 2. The highest BCUT2D eigenvalue weighted by Gasteiger charge is 2.17. The van der Waals surface area contributed by atoms with Gasteiger partial charge in [-0.3, -0.25) is 4.79 Å². The molecule has 2 aromatic carbocycles. The number of fused-ring (bicyclic) bond motifs is 3. The van der Waals surface area contributed by atoms with Crippen molar-refractivity contribution in [3.8, 4) is 17.0 Å². The first-order valence-corrected chi connectivity index (χ1v) is 10.8. The zero-order chi connectivity index (χ0) is 22.1. The van der Waals surface area contributed by atoms with Gasteiger partial charge in [0.15, 0.2) is 10.9 Å². The van der Waals surface area contributed by atoms with Crippen LogP contribution >= 0.6 is 11.3 Å². The number of carbonyl (C=O) groups is 1. The fourth-order valence-electron chi connectivity index (χ4n) is 3.48. The first-order valence-electron chi connectivity index (χ1n) is 9.92. The Labute approximate surface area is 185 Å². The number of anilines is 2. The molecule has 160 valence electrons. The molecule has 0 atom stereocenters. The van der Waals surface area contributed by atoms with Crippen LogP contribution in [0.2, 0.25) is 0 Å². The van der Waals surface area contributed by atoms with Crippen molar-refractivity contribution in [2.45, 2.75) is 6.92 Å². The summed E-state index contributed by atoms with van der Waals surface area (Å²) in [7, 11) is 0. The maximum absolute atomic E-state index is 12.5. The average Bonchev–Trinajstić information content (AvgIpc) is 3.43. The lowest BCUT2D eigenvalue weighted by atomic mass is 10.1. The Kier molecular flexibility index (Phi) is 5.08. The van der Waals surface area contributed by atoms with Crippen molar-refractivity contribution in [3.05, 3.63) is 70.5 Å².